The Morgan fingerprint density at radius 3 is 3.00 bits per heavy atom. The van der Waals surface area contributed by atoms with Gasteiger partial charge in [0.05, 0.1) is 6.57 Å². The Labute approximate surface area is 63.5 Å². The van der Waals surface area contributed by atoms with Crippen molar-refractivity contribution < 1.29 is 4.79 Å². The van der Waals surface area contributed by atoms with Gasteiger partial charge in [-0.05, 0) is 6.07 Å². The molecule has 0 saturated carbocycles. The summed E-state index contributed by atoms with van der Waals surface area (Å²) in [7, 11) is 0. The van der Waals surface area contributed by atoms with Gasteiger partial charge in [0.1, 0.15) is 5.82 Å². The first-order valence-corrected chi connectivity index (χ1v) is 2.86. The van der Waals surface area contributed by atoms with Crippen LogP contribution in [-0.2, 0) is 0 Å². The number of pyridine rings is 1. The summed E-state index contributed by atoms with van der Waals surface area (Å²) in [5, 5.41) is 0. The molecule has 4 nitrogen and oxygen atoms in total. The minimum atomic E-state index is 0.160. The highest BCUT2D eigenvalue weighted by atomic mass is 16.1. The van der Waals surface area contributed by atoms with Crippen LogP contribution in [0.5, 0.6) is 0 Å². The third-order valence-electron chi connectivity index (χ3n) is 1.19. The smallest absolute Gasteiger partial charge is 0.205 e. The van der Waals surface area contributed by atoms with Crippen LogP contribution in [0.25, 0.3) is 4.85 Å². The molecule has 54 valence electrons. The number of carbonyl (C=O) groups excluding carboxylic acids is 1. The predicted molar refractivity (Wildman–Crippen MR) is 40.3 cm³/mol. The van der Waals surface area contributed by atoms with Crippen LogP contribution in [0, 0.1) is 6.57 Å². The summed E-state index contributed by atoms with van der Waals surface area (Å²) in [6.07, 6.45) is 1.91. The van der Waals surface area contributed by atoms with Crippen molar-refractivity contribution in [1.82, 2.24) is 4.98 Å². The fourth-order valence-corrected chi connectivity index (χ4v) is 0.636. The van der Waals surface area contributed by atoms with Gasteiger partial charge in [-0.2, -0.15) is 0 Å². The van der Waals surface area contributed by atoms with Gasteiger partial charge in [0, 0.05) is 11.8 Å². The lowest BCUT2D eigenvalue weighted by Crippen LogP contribution is -1.94. The first-order chi connectivity index (χ1) is 5.27. The van der Waals surface area contributed by atoms with E-state index < -0.39 is 0 Å². The number of nitrogen functional groups attached to an aromatic ring is 1. The standard InChI is InChI=1S/C7H5N3O/c1-9-6-2-5(4-11)7(8)10-3-6/h2-4H,(H2,8,10). The zero-order valence-corrected chi connectivity index (χ0v) is 5.61. The van der Waals surface area contributed by atoms with Crippen LogP contribution >= 0.6 is 0 Å². The fourth-order valence-electron chi connectivity index (χ4n) is 0.636. The maximum Gasteiger partial charge on any atom is 0.205 e. The predicted octanol–water partition coefficient (Wildman–Crippen LogP) is 1.03. The van der Waals surface area contributed by atoms with Crippen LogP contribution in [0.2, 0.25) is 0 Å². The molecule has 4 heteroatoms. The van der Waals surface area contributed by atoms with E-state index in [4.69, 9.17) is 12.3 Å². The van der Waals surface area contributed by atoms with Crippen molar-refractivity contribution in [3.8, 4) is 0 Å². The Bertz CT molecular complexity index is 327. The van der Waals surface area contributed by atoms with Crippen LogP contribution in [0.4, 0.5) is 11.5 Å². The number of nitrogens with zero attached hydrogens (tertiary/aromatic N) is 2. The van der Waals surface area contributed by atoms with Crippen LogP contribution < -0.4 is 5.73 Å². The molecule has 0 bridgehead atoms. The number of hydrogen-bond donors (Lipinski definition) is 1. The van der Waals surface area contributed by atoms with E-state index in [2.05, 4.69) is 9.83 Å². The first kappa shape index (κ1) is 7.22. The molecule has 0 aliphatic heterocycles. The molecule has 1 aromatic heterocycles. The Kier molecular flexibility index (Phi) is 1.83. The Balaban J connectivity index is 3.25. The number of hydrogen-bond acceptors (Lipinski definition) is 3. The van der Waals surface area contributed by atoms with Gasteiger partial charge in [-0.3, -0.25) is 9.78 Å². The van der Waals surface area contributed by atoms with Crippen LogP contribution in [0.1, 0.15) is 10.4 Å². The molecule has 0 atom stereocenters. The summed E-state index contributed by atoms with van der Waals surface area (Å²) in [5.74, 6) is 0.160. The monoisotopic (exact) mass is 147 g/mol. The molecule has 0 radical (unpaired) electrons. The Morgan fingerprint density at radius 2 is 2.45 bits per heavy atom. The van der Waals surface area contributed by atoms with E-state index >= 15 is 0 Å². The van der Waals surface area contributed by atoms with E-state index in [0.29, 0.717) is 12.0 Å². The number of carbonyl (C=O) groups is 1. The minimum Gasteiger partial charge on any atom is -0.383 e. The van der Waals surface area contributed by atoms with Crippen LogP contribution in [-0.4, -0.2) is 11.3 Å². The third-order valence-corrected chi connectivity index (χ3v) is 1.19. The molecule has 1 aromatic rings. The molecule has 0 aliphatic rings. The van der Waals surface area contributed by atoms with Gasteiger partial charge < -0.3 is 5.73 Å². The number of aromatic nitrogens is 1. The molecule has 0 unspecified atom stereocenters. The molecule has 0 amide bonds. The van der Waals surface area contributed by atoms with E-state index in [9.17, 15) is 4.79 Å². The van der Waals surface area contributed by atoms with Gasteiger partial charge >= 0.3 is 0 Å². The molecule has 1 heterocycles. The SMILES string of the molecule is [C-]#[N+]c1cnc(N)c(C=O)c1. The van der Waals surface area contributed by atoms with Gasteiger partial charge in [0.25, 0.3) is 0 Å². The average Bonchev–Trinajstić information content (AvgIpc) is 2.05. The molecule has 0 aromatic carbocycles. The Hall–Kier alpha value is -1.89. The third kappa shape index (κ3) is 1.33. The van der Waals surface area contributed by atoms with Gasteiger partial charge in [-0.25, -0.2) is 4.85 Å². The molecular formula is C7H5N3O. The van der Waals surface area contributed by atoms with Crippen molar-refractivity contribution >= 4 is 17.8 Å². The van der Waals surface area contributed by atoms with Crippen molar-refractivity contribution in [3.63, 3.8) is 0 Å². The summed E-state index contributed by atoms with van der Waals surface area (Å²) >= 11 is 0. The molecule has 1 rings (SSSR count). The van der Waals surface area contributed by atoms with E-state index in [1.807, 2.05) is 0 Å². The van der Waals surface area contributed by atoms with Gasteiger partial charge in [0.2, 0.25) is 5.69 Å². The maximum atomic E-state index is 10.3. The Morgan fingerprint density at radius 1 is 1.73 bits per heavy atom. The van der Waals surface area contributed by atoms with Gasteiger partial charge in [-0.1, -0.05) is 0 Å². The highest BCUT2D eigenvalue weighted by molar-refractivity contribution is 5.83. The summed E-state index contributed by atoms with van der Waals surface area (Å²) in [6.45, 7) is 6.61. The highest BCUT2D eigenvalue weighted by Gasteiger charge is 1.99. The van der Waals surface area contributed by atoms with Crippen LogP contribution in [0.3, 0.4) is 0 Å². The summed E-state index contributed by atoms with van der Waals surface area (Å²) in [5.41, 5.74) is 5.89. The number of aldehydes is 1. The largest absolute Gasteiger partial charge is 0.383 e. The molecule has 11 heavy (non-hydrogen) atoms. The zero-order valence-electron chi connectivity index (χ0n) is 5.61. The van der Waals surface area contributed by atoms with Crippen molar-refractivity contribution in [2.24, 2.45) is 0 Å². The normalized spacial score (nSPS) is 8.64. The van der Waals surface area contributed by atoms with Crippen LogP contribution in [0.15, 0.2) is 12.3 Å². The number of nitrogens with two attached hydrogens (primary N) is 1. The molecule has 0 aliphatic carbocycles. The quantitative estimate of drug-likeness (QED) is 0.476. The van der Waals surface area contributed by atoms with Crippen molar-refractivity contribution in [1.29, 1.82) is 0 Å². The number of rotatable bonds is 1. The minimum absolute atomic E-state index is 0.160. The maximum absolute atomic E-state index is 10.3. The lowest BCUT2D eigenvalue weighted by Gasteiger charge is -1.95. The molecule has 0 spiro atoms. The van der Waals surface area contributed by atoms with Gasteiger partial charge in [-0.15, -0.1) is 0 Å². The second-order valence-electron chi connectivity index (χ2n) is 1.90. The number of anilines is 1. The lowest BCUT2D eigenvalue weighted by atomic mass is 10.2. The molecule has 2 N–H and O–H groups in total. The highest BCUT2D eigenvalue weighted by Crippen LogP contribution is 2.14. The second kappa shape index (κ2) is 2.80. The van der Waals surface area contributed by atoms with E-state index in [1.54, 1.807) is 0 Å². The zero-order chi connectivity index (χ0) is 8.27. The molecular weight excluding hydrogens is 142 g/mol. The average molecular weight is 147 g/mol. The summed E-state index contributed by atoms with van der Waals surface area (Å²) < 4.78 is 0. The lowest BCUT2D eigenvalue weighted by molar-refractivity contribution is 0.112. The van der Waals surface area contributed by atoms with Crippen molar-refractivity contribution in [2.45, 2.75) is 0 Å². The molecule has 0 saturated heterocycles. The summed E-state index contributed by atoms with van der Waals surface area (Å²) in [4.78, 5) is 17.0. The topological polar surface area (TPSA) is 60.3 Å². The van der Waals surface area contributed by atoms with E-state index in [1.165, 1.54) is 12.3 Å². The van der Waals surface area contributed by atoms with E-state index in [0.717, 1.165) is 0 Å². The van der Waals surface area contributed by atoms with Crippen molar-refractivity contribution in [2.75, 3.05) is 5.73 Å². The first-order valence-electron chi connectivity index (χ1n) is 2.86. The summed E-state index contributed by atoms with van der Waals surface area (Å²) in [6, 6.07) is 1.41. The fraction of sp³-hybridized carbons (Fsp3) is 0. The van der Waals surface area contributed by atoms with E-state index in [-0.39, 0.29) is 11.4 Å². The second-order valence-corrected chi connectivity index (χ2v) is 1.90. The van der Waals surface area contributed by atoms with Crippen molar-refractivity contribution in [3.05, 3.63) is 29.2 Å². The molecule has 0 fully saturated rings. The van der Waals surface area contributed by atoms with Gasteiger partial charge in [0.15, 0.2) is 6.29 Å².